The topological polar surface area (TPSA) is 112 Å². The van der Waals surface area contributed by atoms with E-state index in [0.717, 1.165) is 34.6 Å². The van der Waals surface area contributed by atoms with Crippen molar-refractivity contribution in [3.8, 4) is 16.8 Å². The number of aromatic nitrogens is 5. The summed E-state index contributed by atoms with van der Waals surface area (Å²) in [6, 6.07) is 14.5. The van der Waals surface area contributed by atoms with Crippen molar-refractivity contribution in [3.05, 3.63) is 82.9 Å². The zero-order chi connectivity index (χ0) is 24.0. The monoisotopic (exact) mass is 457 g/mol. The van der Waals surface area contributed by atoms with Crippen LogP contribution < -0.4 is 0 Å². The molecular weight excluding hydrogens is 434 g/mol. The summed E-state index contributed by atoms with van der Waals surface area (Å²) < 4.78 is 8.55. The molecule has 34 heavy (non-hydrogen) atoms. The fourth-order valence-electron chi connectivity index (χ4n) is 4.45. The summed E-state index contributed by atoms with van der Waals surface area (Å²) in [5, 5.41) is 22.4. The third-order valence-electron chi connectivity index (χ3n) is 6.16. The number of methoxy groups -OCH3 is 1. The second kappa shape index (κ2) is 8.26. The molecule has 0 amide bonds. The smallest absolute Gasteiger partial charge is 0.341 e. The van der Waals surface area contributed by atoms with E-state index >= 15 is 0 Å². The van der Waals surface area contributed by atoms with Crippen molar-refractivity contribution in [2.75, 3.05) is 7.11 Å². The number of benzene rings is 2. The van der Waals surface area contributed by atoms with Gasteiger partial charge in [-0.1, -0.05) is 29.5 Å². The Bertz CT molecular complexity index is 1420. The summed E-state index contributed by atoms with van der Waals surface area (Å²) in [6.45, 7) is 1.80. The van der Waals surface area contributed by atoms with E-state index in [1.807, 2.05) is 43.6 Å². The lowest BCUT2D eigenvalue weighted by atomic mass is 10.0. The SMILES string of the molecule is COC(=O)c1c(C)nn(-c2cccc(-c3cccc(C(=O)O)c3)c2)c1C1CC1c1cn(C)nn1. The second-order valence-corrected chi connectivity index (χ2v) is 8.45. The van der Waals surface area contributed by atoms with Crippen molar-refractivity contribution in [1.82, 2.24) is 24.8 Å². The highest BCUT2D eigenvalue weighted by Crippen LogP contribution is 2.55. The molecule has 2 atom stereocenters. The number of hydrogen-bond acceptors (Lipinski definition) is 6. The maximum Gasteiger partial charge on any atom is 0.341 e. The lowest BCUT2D eigenvalue weighted by molar-refractivity contribution is 0.0597. The Hall–Kier alpha value is -4.27. The predicted molar refractivity (Wildman–Crippen MR) is 123 cm³/mol. The van der Waals surface area contributed by atoms with Gasteiger partial charge in [0, 0.05) is 25.1 Å². The van der Waals surface area contributed by atoms with E-state index in [-0.39, 0.29) is 17.4 Å². The maximum atomic E-state index is 12.7. The first-order chi connectivity index (χ1) is 16.4. The van der Waals surface area contributed by atoms with Crippen molar-refractivity contribution >= 4 is 11.9 Å². The highest BCUT2D eigenvalue weighted by molar-refractivity contribution is 5.92. The van der Waals surface area contributed by atoms with Crippen LogP contribution in [0.4, 0.5) is 0 Å². The molecule has 0 spiro atoms. The van der Waals surface area contributed by atoms with Gasteiger partial charge in [-0.2, -0.15) is 5.10 Å². The van der Waals surface area contributed by atoms with Crippen molar-refractivity contribution in [3.63, 3.8) is 0 Å². The summed E-state index contributed by atoms with van der Waals surface area (Å²) in [6.07, 6.45) is 2.72. The predicted octanol–water partition coefficient (Wildman–Crippen LogP) is 3.73. The van der Waals surface area contributed by atoms with Crippen molar-refractivity contribution in [1.29, 1.82) is 0 Å². The molecule has 9 nitrogen and oxygen atoms in total. The molecule has 1 saturated carbocycles. The zero-order valence-electron chi connectivity index (χ0n) is 19.0. The second-order valence-electron chi connectivity index (χ2n) is 8.45. The molecular formula is C25H23N5O4. The number of ether oxygens (including phenoxy) is 1. The number of carbonyl (C=O) groups is 2. The van der Waals surface area contributed by atoms with Crippen LogP contribution in [-0.4, -0.2) is 48.9 Å². The summed E-state index contributed by atoms with van der Waals surface area (Å²) in [5.41, 5.74) is 5.35. The van der Waals surface area contributed by atoms with Gasteiger partial charge in [0.1, 0.15) is 5.56 Å². The van der Waals surface area contributed by atoms with Crippen LogP contribution in [0.3, 0.4) is 0 Å². The van der Waals surface area contributed by atoms with Crippen molar-refractivity contribution in [2.45, 2.75) is 25.2 Å². The van der Waals surface area contributed by atoms with E-state index in [9.17, 15) is 14.7 Å². The Labute approximate surface area is 195 Å². The number of aromatic carboxylic acids is 1. The first-order valence-corrected chi connectivity index (χ1v) is 10.9. The average Bonchev–Trinajstić information content (AvgIpc) is 3.38. The van der Waals surface area contributed by atoms with Crippen LogP contribution in [0.1, 0.15) is 56.1 Å². The zero-order valence-corrected chi connectivity index (χ0v) is 19.0. The van der Waals surface area contributed by atoms with Gasteiger partial charge in [0.25, 0.3) is 0 Å². The molecule has 0 radical (unpaired) electrons. The van der Waals surface area contributed by atoms with Crippen molar-refractivity contribution in [2.24, 2.45) is 7.05 Å². The maximum absolute atomic E-state index is 12.7. The van der Waals surface area contributed by atoms with Crippen LogP contribution in [-0.2, 0) is 11.8 Å². The third-order valence-corrected chi connectivity index (χ3v) is 6.16. The van der Waals surface area contributed by atoms with Gasteiger partial charge in [-0.3, -0.25) is 4.68 Å². The molecule has 1 aliphatic rings. The molecule has 172 valence electrons. The number of rotatable bonds is 6. The van der Waals surface area contributed by atoms with Gasteiger partial charge < -0.3 is 9.84 Å². The number of carboxylic acids is 1. The number of esters is 1. The van der Waals surface area contributed by atoms with Crippen LogP contribution in [0, 0.1) is 6.92 Å². The Morgan fingerprint density at radius 3 is 2.50 bits per heavy atom. The molecule has 0 aliphatic heterocycles. The van der Waals surface area contributed by atoms with Gasteiger partial charge in [0.15, 0.2) is 0 Å². The largest absolute Gasteiger partial charge is 0.478 e. The fraction of sp³-hybridized carbons (Fsp3) is 0.240. The molecule has 1 N–H and O–H groups in total. The number of nitrogens with zero attached hydrogens (tertiary/aromatic N) is 5. The van der Waals surface area contributed by atoms with Crippen LogP contribution in [0.2, 0.25) is 0 Å². The summed E-state index contributed by atoms with van der Waals surface area (Å²) >= 11 is 0. The Kier molecular flexibility index (Phi) is 5.24. The normalized spacial score (nSPS) is 16.9. The van der Waals surface area contributed by atoms with E-state index in [1.165, 1.54) is 7.11 Å². The van der Waals surface area contributed by atoms with E-state index < -0.39 is 11.9 Å². The van der Waals surface area contributed by atoms with Crippen LogP contribution in [0.15, 0.2) is 54.7 Å². The third kappa shape index (κ3) is 3.75. The number of carboxylic acid groups (broad SMARTS) is 1. The van der Waals surface area contributed by atoms with Crippen LogP contribution in [0.5, 0.6) is 0 Å². The summed E-state index contributed by atoms with van der Waals surface area (Å²) in [4.78, 5) is 24.1. The molecule has 0 saturated heterocycles. The molecule has 1 fully saturated rings. The van der Waals surface area contributed by atoms with Gasteiger partial charge >= 0.3 is 11.9 Å². The van der Waals surface area contributed by atoms with Gasteiger partial charge in [0.2, 0.25) is 0 Å². The number of aryl methyl sites for hydroxylation is 2. The summed E-state index contributed by atoms with van der Waals surface area (Å²) in [7, 11) is 3.19. The standard InChI is InChI=1S/C25H23N5O4/c1-14-22(25(33)34-3)23(20-12-19(20)21-13-29(2)28-26-21)30(27-14)18-9-5-7-16(11-18)15-6-4-8-17(10-15)24(31)32/h4-11,13,19-20H,12H2,1-3H3,(H,31,32). The number of hydrogen-bond donors (Lipinski definition) is 1. The van der Waals surface area contributed by atoms with Gasteiger partial charge in [-0.25, -0.2) is 14.3 Å². The van der Waals surface area contributed by atoms with Gasteiger partial charge in [-0.05, 0) is 48.7 Å². The van der Waals surface area contributed by atoms with Crippen molar-refractivity contribution < 1.29 is 19.4 Å². The minimum absolute atomic E-state index is 0.0472. The van der Waals surface area contributed by atoms with Crippen LogP contribution >= 0.6 is 0 Å². The lowest BCUT2D eigenvalue weighted by Crippen LogP contribution is -2.08. The fourth-order valence-corrected chi connectivity index (χ4v) is 4.45. The average molecular weight is 457 g/mol. The lowest BCUT2D eigenvalue weighted by Gasteiger charge is -2.11. The quantitative estimate of drug-likeness (QED) is 0.439. The highest BCUT2D eigenvalue weighted by atomic mass is 16.5. The Balaban J connectivity index is 1.60. The molecule has 2 heterocycles. The Morgan fingerprint density at radius 1 is 1.09 bits per heavy atom. The first-order valence-electron chi connectivity index (χ1n) is 10.9. The molecule has 2 unspecified atom stereocenters. The van der Waals surface area contributed by atoms with Gasteiger partial charge in [-0.15, -0.1) is 5.10 Å². The minimum Gasteiger partial charge on any atom is -0.478 e. The molecule has 2 aromatic carbocycles. The molecule has 2 aromatic heterocycles. The first kappa shape index (κ1) is 21.6. The molecule has 9 heteroatoms. The molecule has 4 aromatic rings. The van der Waals surface area contributed by atoms with Crippen LogP contribution in [0.25, 0.3) is 16.8 Å². The molecule has 0 bridgehead atoms. The minimum atomic E-state index is -0.977. The molecule has 5 rings (SSSR count). The highest BCUT2D eigenvalue weighted by Gasteiger charge is 2.46. The van der Waals surface area contributed by atoms with Gasteiger partial charge in [0.05, 0.1) is 35.4 Å². The van der Waals surface area contributed by atoms with E-state index in [0.29, 0.717) is 11.3 Å². The molecule has 1 aliphatic carbocycles. The number of carbonyl (C=O) groups excluding carboxylic acids is 1. The van der Waals surface area contributed by atoms with E-state index in [2.05, 4.69) is 10.3 Å². The summed E-state index contributed by atoms with van der Waals surface area (Å²) in [5.74, 6) is -1.21. The Morgan fingerprint density at radius 2 is 1.82 bits per heavy atom. The van der Waals surface area contributed by atoms with E-state index in [4.69, 9.17) is 9.84 Å². The van der Waals surface area contributed by atoms with E-state index in [1.54, 1.807) is 34.5 Å².